The molecule has 362 valence electrons. The van der Waals surface area contributed by atoms with Crippen LogP contribution in [0.15, 0.2) is 60.8 Å². The molecule has 2 aromatic carbocycles. The Labute approximate surface area is 403 Å². The number of ether oxygens (including phenoxy) is 3. The number of hydrazine groups is 1. The predicted octanol–water partition coefficient (Wildman–Crippen LogP) is 8.36. The summed E-state index contributed by atoms with van der Waals surface area (Å²) < 4.78 is 33.3. The van der Waals surface area contributed by atoms with Crippen molar-refractivity contribution in [1.29, 1.82) is 0 Å². The van der Waals surface area contributed by atoms with Crippen molar-refractivity contribution in [1.82, 2.24) is 24.9 Å². The summed E-state index contributed by atoms with van der Waals surface area (Å²) in [5.74, 6) is -0.966. The lowest BCUT2D eigenvalue weighted by Crippen LogP contribution is -2.61. The first kappa shape index (κ1) is 53.0. The first-order chi connectivity index (χ1) is 30.2. The van der Waals surface area contributed by atoms with E-state index in [4.69, 9.17) is 28.5 Å². The zero-order chi connectivity index (χ0) is 46.2. The SMILES string of the molecule is CO[C@@H](C)c1ncc(N2CCN(C(=O)OCc3ccccc3)CC2)cc1-c1c(C2(C(=O)O)CCCN(CC(C)(C)C)N2)c2cc(B3OC(C)(C)C(C)(C)O3)ccc2n1CCOC(C)C.Cl.Cl. The van der Waals surface area contributed by atoms with Gasteiger partial charge in [0.2, 0.25) is 0 Å². The average Bonchev–Trinajstić information content (AvgIpc) is 3.69. The number of aromatic nitrogens is 2. The Hall–Kier alpha value is -3.93. The van der Waals surface area contributed by atoms with Crippen LogP contribution in [0, 0.1) is 5.41 Å². The molecular weight excluding hydrogens is 882 g/mol. The highest BCUT2D eigenvalue weighted by Crippen LogP contribution is 2.47. The number of carboxylic acids is 1. The monoisotopic (exact) mass is 952 g/mol. The van der Waals surface area contributed by atoms with Gasteiger partial charge in [-0.3, -0.25) is 4.98 Å². The summed E-state index contributed by atoms with van der Waals surface area (Å²) in [7, 11) is 0.995. The first-order valence-electron chi connectivity index (χ1n) is 22.9. The van der Waals surface area contributed by atoms with E-state index in [0.717, 1.165) is 38.9 Å². The standard InChI is InChI=1S/C49H69BN6O8.2ClH/c1-33(2)61-27-26-56-40-19-18-36(50-63-47(7,8)48(9,10)64-50)28-38(40)41(49(44(57)58)20-15-21-55(52-49)32-46(4,5)6)43(56)39-29-37(30-51-42(39)34(3)60-11)53-22-24-54(25-23-53)45(59)62-31-35-16-13-12-14-17-35;;/h12-14,16-19,28-30,33-34,52H,15,20-27,31-32H2,1-11H3,(H,57,58);2*1H/t34-,49?;;/m0../s1. The van der Waals surface area contributed by atoms with Crippen molar-refractivity contribution in [3.05, 3.63) is 77.6 Å². The Morgan fingerprint density at radius 3 is 2.21 bits per heavy atom. The quantitative estimate of drug-likeness (QED) is 0.118. The van der Waals surface area contributed by atoms with Crippen LogP contribution in [0.2, 0.25) is 0 Å². The number of nitrogens with one attached hydrogen (secondary N) is 1. The molecular formula is C49H71BCl2N6O8. The van der Waals surface area contributed by atoms with Gasteiger partial charge in [0.1, 0.15) is 6.61 Å². The van der Waals surface area contributed by atoms with Gasteiger partial charge in [-0.15, -0.1) is 24.8 Å². The molecule has 5 heterocycles. The van der Waals surface area contributed by atoms with Crippen LogP contribution in [-0.2, 0) is 47.0 Å². The van der Waals surface area contributed by atoms with Gasteiger partial charge in [-0.1, -0.05) is 63.2 Å². The number of carboxylic acid groups (broad SMARTS) is 1. The van der Waals surface area contributed by atoms with Crippen LogP contribution < -0.4 is 15.8 Å². The average molecular weight is 954 g/mol. The highest BCUT2D eigenvalue weighted by atomic mass is 35.5. The minimum Gasteiger partial charge on any atom is -0.480 e. The summed E-state index contributed by atoms with van der Waals surface area (Å²) in [6.07, 6.45) is 2.07. The molecule has 0 spiro atoms. The lowest BCUT2D eigenvalue weighted by Gasteiger charge is -2.44. The fourth-order valence-corrected chi connectivity index (χ4v) is 9.09. The van der Waals surface area contributed by atoms with Gasteiger partial charge in [0.25, 0.3) is 0 Å². The zero-order valence-electron chi connectivity index (χ0n) is 40.6. The maximum Gasteiger partial charge on any atom is 0.494 e. The molecule has 1 amide bonds. The second kappa shape index (κ2) is 21.2. The lowest BCUT2D eigenvalue weighted by atomic mass is 9.76. The number of anilines is 1. The fraction of sp³-hybridized carbons (Fsp3) is 0.571. The Balaban J connectivity index is 0.00000408. The van der Waals surface area contributed by atoms with Crippen LogP contribution in [0.3, 0.4) is 0 Å². The van der Waals surface area contributed by atoms with E-state index in [9.17, 15) is 14.7 Å². The molecule has 66 heavy (non-hydrogen) atoms. The number of nitrogens with zero attached hydrogens (tertiary/aromatic N) is 5. The van der Waals surface area contributed by atoms with E-state index in [1.807, 2.05) is 91.1 Å². The number of hydrogen-bond donors (Lipinski definition) is 2. The van der Waals surface area contributed by atoms with E-state index in [1.165, 1.54) is 0 Å². The number of methoxy groups -OCH3 is 1. The summed E-state index contributed by atoms with van der Waals surface area (Å²) in [6, 6.07) is 18.0. The number of pyridine rings is 1. The lowest BCUT2D eigenvalue weighted by molar-refractivity contribution is -0.151. The van der Waals surface area contributed by atoms with Crippen molar-refractivity contribution in [3.8, 4) is 11.3 Å². The van der Waals surface area contributed by atoms with Crippen LogP contribution in [-0.4, -0.2) is 114 Å². The number of benzene rings is 2. The van der Waals surface area contributed by atoms with E-state index < -0.39 is 35.9 Å². The maximum absolute atomic E-state index is 14.4. The largest absolute Gasteiger partial charge is 0.494 e. The molecule has 3 saturated heterocycles. The zero-order valence-corrected chi connectivity index (χ0v) is 42.3. The van der Waals surface area contributed by atoms with E-state index in [0.29, 0.717) is 76.5 Å². The Morgan fingerprint density at radius 1 is 0.939 bits per heavy atom. The topological polar surface area (TPSA) is 140 Å². The molecule has 14 nitrogen and oxygen atoms in total. The number of hydrogen-bond acceptors (Lipinski definition) is 11. The van der Waals surface area contributed by atoms with Crippen molar-refractivity contribution in [3.63, 3.8) is 0 Å². The number of halogens is 2. The maximum atomic E-state index is 14.4. The number of carbonyl (C=O) groups is 2. The molecule has 3 aliphatic rings. The normalized spacial score (nSPS) is 20.3. The smallest absolute Gasteiger partial charge is 0.480 e. The number of aliphatic carboxylic acids is 1. The third kappa shape index (κ3) is 11.2. The molecule has 2 N–H and O–H groups in total. The number of piperazine rings is 1. The van der Waals surface area contributed by atoms with E-state index in [1.54, 1.807) is 12.0 Å². The molecule has 0 bridgehead atoms. The molecule has 4 aromatic rings. The molecule has 1 unspecified atom stereocenters. The third-order valence-corrected chi connectivity index (χ3v) is 13.2. The minimum absolute atomic E-state index is 0. The second-order valence-corrected chi connectivity index (χ2v) is 20.1. The van der Waals surface area contributed by atoms with E-state index in [-0.39, 0.29) is 49.0 Å². The number of fused-ring (bicyclic) bond motifs is 1. The van der Waals surface area contributed by atoms with Gasteiger partial charge in [-0.2, -0.15) is 0 Å². The van der Waals surface area contributed by atoms with Gasteiger partial charge in [0, 0.05) is 75.0 Å². The molecule has 7 rings (SSSR count). The van der Waals surface area contributed by atoms with Gasteiger partial charge >= 0.3 is 19.2 Å². The summed E-state index contributed by atoms with van der Waals surface area (Å²) in [4.78, 5) is 36.7. The van der Waals surface area contributed by atoms with Crippen molar-refractivity contribution in [2.45, 2.75) is 124 Å². The number of carbonyl (C=O) groups excluding carboxylic acids is 1. The van der Waals surface area contributed by atoms with Crippen molar-refractivity contribution >= 4 is 66.0 Å². The summed E-state index contributed by atoms with van der Waals surface area (Å²) in [5.41, 5.74) is 7.11. The highest BCUT2D eigenvalue weighted by Gasteiger charge is 2.53. The predicted molar refractivity (Wildman–Crippen MR) is 265 cm³/mol. The first-order valence-corrected chi connectivity index (χ1v) is 22.9. The van der Waals surface area contributed by atoms with Crippen molar-refractivity contribution in [2.24, 2.45) is 5.41 Å². The molecule has 2 atom stereocenters. The van der Waals surface area contributed by atoms with Gasteiger partial charge in [-0.05, 0) is 89.9 Å². The third-order valence-electron chi connectivity index (χ3n) is 13.2. The van der Waals surface area contributed by atoms with E-state index >= 15 is 0 Å². The summed E-state index contributed by atoms with van der Waals surface area (Å²) >= 11 is 0. The van der Waals surface area contributed by atoms with Gasteiger partial charge in [-0.25, -0.2) is 20.0 Å². The van der Waals surface area contributed by atoms with Crippen LogP contribution in [0.1, 0.15) is 105 Å². The van der Waals surface area contributed by atoms with Gasteiger partial charge in [0.15, 0.2) is 5.54 Å². The Bertz CT molecular complexity index is 2280. The molecule has 3 fully saturated rings. The second-order valence-electron chi connectivity index (χ2n) is 20.1. The minimum atomic E-state index is -1.54. The highest BCUT2D eigenvalue weighted by molar-refractivity contribution is 6.62. The van der Waals surface area contributed by atoms with E-state index in [2.05, 4.69) is 58.9 Å². The van der Waals surface area contributed by atoms with Crippen molar-refractivity contribution in [2.75, 3.05) is 57.9 Å². The van der Waals surface area contributed by atoms with Crippen LogP contribution in [0.5, 0.6) is 0 Å². The Kier molecular flexibility index (Phi) is 17.0. The van der Waals surface area contributed by atoms with Crippen LogP contribution >= 0.6 is 24.8 Å². The number of rotatable bonds is 14. The molecule has 0 saturated carbocycles. The molecule has 0 radical (unpaired) electrons. The fourth-order valence-electron chi connectivity index (χ4n) is 9.09. The van der Waals surface area contributed by atoms with Gasteiger partial charge in [0.05, 0.1) is 53.3 Å². The summed E-state index contributed by atoms with van der Waals surface area (Å²) in [5, 5.41) is 14.6. The molecule has 3 aliphatic heterocycles. The Morgan fingerprint density at radius 2 is 1.61 bits per heavy atom. The van der Waals surface area contributed by atoms with Crippen LogP contribution in [0.25, 0.3) is 22.2 Å². The molecule has 17 heteroatoms. The van der Waals surface area contributed by atoms with Crippen LogP contribution in [0.4, 0.5) is 10.5 Å². The summed E-state index contributed by atoms with van der Waals surface area (Å²) in [6.45, 7) is 25.1. The number of amides is 1. The molecule has 0 aliphatic carbocycles. The van der Waals surface area contributed by atoms with Gasteiger partial charge < -0.3 is 43.0 Å². The van der Waals surface area contributed by atoms with Crippen molar-refractivity contribution < 1.29 is 38.2 Å². The molecule has 2 aromatic heterocycles.